The van der Waals surface area contributed by atoms with Crippen LogP contribution in [-0.4, -0.2) is 35.9 Å². The molecule has 0 spiro atoms. The van der Waals surface area contributed by atoms with Crippen LogP contribution in [0.25, 0.3) is 0 Å². The number of carbonyl (C=O) groups excluding carboxylic acids is 1. The maximum absolute atomic E-state index is 14.0. The van der Waals surface area contributed by atoms with E-state index in [1.54, 1.807) is 0 Å². The second-order valence-corrected chi connectivity index (χ2v) is 3.79. The van der Waals surface area contributed by atoms with E-state index in [-0.39, 0.29) is 24.1 Å². The van der Waals surface area contributed by atoms with Crippen molar-refractivity contribution in [2.45, 2.75) is 18.6 Å². The number of aliphatic hydroxyl groups is 2. The Bertz CT molecular complexity index is 425. The molecule has 0 aromatic heterocycles. The van der Waals surface area contributed by atoms with Gasteiger partial charge in [0, 0.05) is 5.56 Å². The molecule has 5 nitrogen and oxygen atoms in total. The van der Waals surface area contributed by atoms with E-state index in [9.17, 15) is 19.4 Å². The molecular weight excluding hydrogens is 241 g/mol. The largest absolute Gasteiger partial charge is 0.465 e. The minimum absolute atomic E-state index is 0.128. The molecule has 1 aromatic rings. The minimum atomic E-state index is -1.43. The lowest BCUT2D eigenvalue weighted by Gasteiger charge is -2.18. The van der Waals surface area contributed by atoms with Crippen LogP contribution in [0.5, 0.6) is 0 Å². The average Bonchev–Trinajstić information content (AvgIpc) is 2.37. The summed E-state index contributed by atoms with van der Waals surface area (Å²) < 4.78 is 18.4. The molecule has 0 saturated carbocycles. The van der Waals surface area contributed by atoms with Gasteiger partial charge in [-0.25, -0.2) is 9.18 Å². The molecule has 0 radical (unpaired) electrons. The van der Waals surface area contributed by atoms with Gasteiger partial charge in [0.2, 0.25) is 0 Å². The number of halogens is 1. The number of hydrogen-bond donors (Lipinski definition) is 3. The summed E-state index contributed by atoms with van der Waals surface area (Å²) in [5, 5.41) is 19.4. The highest BCUT2D eigenvalue weighted by Gasteiger charge is 2.24. The summed E-state index contributed by atoms with van der Waals surface area (Å²) in [6.07, 6.45) is -2.49. The molecule has 0 aliphatic carbocycles. The van der Waals surface area contributed by atoms with Crippen LogP contribution in [-0.2, 0) is 4.74 Å². The molecule has 1 aromatic carbocycles. The monoisotopic (exact) mass is 257 g/mol. The van der Waals surface area contributed by atoms with Crippen LogP contribution in [0.2, 0.25) is 0 Å². The highest BCUT2D eigenvalue weighted by molar-refractivity contribution is 5.89. The fourth-order valence-electron chi connectivity index (χ4n) is 1.58. The van der Waals surface area contributed by atoms with E-state index in [1.165, 1.54) is 18.2 Å². The number of hydrogen-bond acceptors (Lipinski definition) is 5. The first kappa shape index (κ1) is 14.6. The summed E-state index contributed by atoms with van der Waals surface area (Å²) in [6.45, 7) is 0.163. The van der Waals surface area contributed by atoms with E-state index < -0.39 is 24.0 Å². The number of aliphatic hydroxyl groups excluding tert-OH is 2. The van der Waals surface area contributed by atoms with Crippen molar-refractivity contribution < 1.29 is 24.1 Å². The Morgan fingerprint density at radius 3 is 2.72 bits per heavy atom. The second kappa shape index (κ2) is 6.44. The molecule has 0 heterocycles. The zero-order chi connectivity index (χ0) is 13.7. The zero-order valence-corrected chi connectivity index (χ0v) is 9.97. The first-order valence-electron chi connectivity index (χ1n) is 5.45. The van der Waals surface area contributed by atoms with E-state index in [0.717, 1.165) is 7.11 Å². The van der Waals surface area contributed by atoms with Gasteiger partial charge in [-0.3, -0.25) is 0 Å². The fraction of sp³-hybridized carbons (Fsp3) is 0.417. The van der Waals surface area contributed by atoms with Crippen molar-refractivity contribution >= 4 is 5.97 Å². The summed E-state index contributed by atoms with van der Waals surface area (Å²) in [4.78, 5) is 11.3. The number of nitrogens with two attached hydrogens (primary N) is 1. The highest BCUT2D eigenvalue weighted by atomic mass is 19.1. The molecule has 100 valence electrons. The van der Waals surface area contributed by atoms with E-state index in [4.69, 9.17) is 5.73 Å². The summed E-state index contributed by atoms with van der Waals surface area (Å²) in [6, 6.07) is 3.95. The van der Waals surface area contributed by atoms with Gasteiger partial charge >= 0.3 is 5.97 Å². The van der Waals surface area contributed by atoms with Gasteiger partial charge in [-0.15, -0.1) is 0 Å². The molecule has 2 atom stereocenters. The van der Waals surface area contributed by atoms with Crippen LogP contribution in [0.4, 0.5) is 4.39 Å². The van der Waals surface area contributed by atoms with E-state index in [2.05, 4.69) is 4.74 Å². The third kappa shape index (κ3) is 3.04. The molecule has 0 bridgehead atoms. The normalized spacial score (nSPS) is 14.1. The first-order valence-corrected chi connectivity index (χ1v) is 5.45. The molecule has 0 aliphatic heterocycles. The Balaban J connectivity index is 3.06. The van der Waals surface area contributed by atoms with E-state index in [1.807, 2.05) is 0 Å². The van der Waals surface area contributed by atoms with Crippen molar-refractivity contribution in [2.75, 3.05) is 13.7 Å². The third-order valence-electron chi connectivity index (χ3n) is 2.58. The minimum Gasteiger partial charge on any atom is -0.465 e. The molecule has 0 amide bonds. The van der Waals surface area contributed by atoms with Gasteiger partial charge in [-0.2, -0.15) is 0 Å². The Kier molecular flexibility index (Phi) is 5.21. The first-order chi connectivity index (χ1) is 8.52. The van der Waals surface area contributed by atoms with Crippen molar-refractivity contribution in [3.63, 3.8) is 0 Å². The molecule has 0 aliphatic rings. The molecule has 0 fully saturated rings. The lowest BCUT2D eigenvalue weighted by atomic mass is 9.99. The van der Waals surface area contributed by atoms with Crippen LogP contribution < -0.4 is 5.73 Å². The van der Waals surface area contributed by atoms with Gasteiger partial charge in [-0.1, -0.05) is 12.1 Å². The van der Waals surface area contributed by atoms with Crippen LogP contribution in [0.1, 0.15) is 28.4 Å². The molecule has 4 N–H and O–H groups in total. The maximum Gasteiger partial charge on any atom is 0.340 e. The van der Waals surface area contributed by atoms with Gasteiger partial charge in [0.05, 0.1) is 18.8 Å². The van der Waals surface area contributed by atoms with Crippen molar-refractivity contribution in [1.82, 2.24) is 0 Å². The number of carbonyl (C=O) groups is 1. The molecule has 2 unspecified atom stereocenters. The lowest BCUT2D eigenvalue weighted by Crippen LogP contribution is -2.23. The number of benzene rings is 1. The Labute approximate surface area is 104 Å². The molecular formula is C12H16FNO4. The van der Waals surface area contributed by atoms with Gasteiger partial charge < -0.3 is 20.7 Å². The second-order valence-electron chi connectivity index (χ2n) is 3.79. The Hall–Kier alpha value is -1.50. The fourth-order valence-corrected chi connectivity index (χ4v) is 1.58. The highest BCUT2D eigenvalue weighted by Crippen LogP contribution is 2.24. The Morgan fingerprint density at radius 1 is 1.50 bits per heavy atom. The topological polar surface area (TPSA) is 92.8 Å². The Morgan fingerprint density at radius 2 is 2.17 bits per heavy atom. The molecule has 18 heavy (non-hydrogen) atoms. The van der Waals surface area contributed by atoms with Crippen molar-refractivity contribution in [1.29, 1.82) is 0 Å². The number of methoxy groups -OCH3 is 1. The van der Waals surface area contributed by atoms with Crippen LogP contribution in [0, 0.1) is 5.82 Å². The third-order valence-corrected chi connectivity index (χ3v) is 2.58. The molecule has 6 heteroatoms. The number of rotatable bonds is 5. The SMILES string of the molecule is COC(=O)c1cccc(C(O)C(O)CCN)c1F. The summed E-state index contributed by atoms with van der Waals surface area (Å²) in [5.41, 5.74) is 4.81. The zero-order valence-electron chi connectivity index (χ0n) is 9.97. The van der Waals surface area contributed by atoms with Gasteiger partial charge in [-0.05, 0) is 19.0 Å². The standard InChI is InChI=1S/C12H16FNO4/c1-18-12(17)8-4-2-3-7(10(8)13)11(16)9(15)5-6-14/h2-4,9,11,15-16H,5-6,14H2,1H3. The van der Waals surface area contributed by atoms with Crippen molar-refractivity contribution in [3.05, 3.63) is 35.1 Å². The van der Waals surface area contributed by atoms with Crippen LogP contribution in [0.15, 0.2) is 18.2 Å². The molecule has 0 saturated heterocycles. The van der Waals surface area contributed by atoms with Gasteiger partial charge in [0.1, 0.15) is 11.9 Å². The van der Waals surface area contributed by atoms with E-state index >= 15 is 0 Å². The molecule has 1 rings (SSSR count). The predicted octanol–water partition coefficient (Wildman–Crippen LogP) is 0.355. The van der Waals surface area contributed by atoms with Crippen LogP contribution in [0.3, 0.4) is 0 Å². The van der Waals surface area contributed by atoms with Crippen molar-refractivity contribution in [3.8, 4) is 0 Å². The summed E-state index contributed by atoms with van der Waals surface area (Å²) >= 11 is 0. The number of esters is 1. The predicted molar refractivity (Wildman–Crippen MR) is 62.4 cm³/mol. The van der Waals surface area contributed by atoms with Gasteiger partial charge in [0.15, 0.2) is 0 Å². The average molecular weight is 257 g/mol. The number of ether oxygens (including phenoxy) is 1. The van der Waals surface area contributed by atoms with E-state index in [0.29, 0.717) is 0 Å². The summed E-state index contributed by atoms with van der Waals surface area (Å²) in [5.74, 6) is -1.73. The smallest absolute Gasteiger partial charge is 0.340 e. The lowest BCUT2D eigenvalue weighted by molar-refractivity contribution is 0.0128. The summed E-state index contributed by atoms with van der Waals surface area (Å²) in [7, 11) is 1.13. The van der Waals surface area contributed by atoms with Crippen molar-refractivity contribution in [2.24, 2.45) is 5.73 Å². The maximum atomic E-state index is 14.0. The quantitative estimate of drug-likeness (QED) is 0.662. The van der Waals surface area contributed by atoms with Gasteiger partial charge in [0.25, 0.3) is 0 Å². The van der Waals surface area contributed by atoms with Crippen LogP contribution >= 0.6 is 0 Å².